The molecule has 2 rings (SSSR count). The van der Waals surface area contributed by atoms with Crippen LogP contribution in [0.1, 0.15) is 21.7 Å². The number of aromatic nitrogens is 2. The Labute approximate surface area is 123 Å². The molecule has 0 aliphatic carbocycles. The highest BCUT2D eigenvalue weighted by Crippen LogP contribution is 2.27. The van der Waals surface area contributed by atoms with Crippen molar-refractivity contribution in [1.29, 1.82) is 0 Å². The summed E-state index contributed by atoms with van der Waals surface area (Å²) in [6.07, 6.45) is 1.63. The number of halogens is 1. The predicted molar refractivity (Wildman–Crippen MR) is 77.7 cm³/mol. The van der Waals surface area contributed by atoms with E-state index in [2.05, 4.69) is 32.6 Å². The Morgan fingerprint density at radius 3 is 2.79 bits per heavy atom. The van der Waals surface area contributed by atoms with Crippen molar-refractivity contribution in [2.45, 2.75) is 13.8 Å². The van der Waals surface area contributed by atoms with Crippen molar-refractivity contribution >= 4 is 28.6 Å². The van der Waals surface area contributed by atoms with Gasteiger partial charge in [-0.15, -0.1) is 0 Å². The Bertz CT molecular complexity index is 644. The molecule has 0 aliphatic rings. The summed E-state index contributed by atoms with van der Waals surface area (Å²) in [7, 11) is 0. The number of aromatic carboxylic acids is 1. The summed E-state index contributed by atoms with van der Waals surface area (Å²) >= 11 is 2.05. The highest BCUT2D eigenvalue weighted by atomic mass is 127. The fourth-order valence-corrected chi connectivity index (χ4v) is 1.97. The second-order valence-electron chi connectivity index (χ2n) is 3.95. The van der Waals surface area contributed by atoms with Crippen LogP contribution in [0.2, 0.25) is 0 Å². The maximum atomic E-state index is 11.2. The molecule has 0 bridgehead atoms. The first kappa shape index (κ1) is 13.7. The maximum Gasteiger partial charge on any atom is 0.339 e. The molecule has 0 saturated heterocycles. The highest BCUT2D eigenvalue weighted by Gasteiger charge is 2.14. The van der Waals surface area contributed by atoms with Gasteiger partial charge < -0.3 is 9.84 Å². The normalized spacial score (nSPS) is 10.3. The number of rotatable bonds is 3. The van der Waals surface area contributed by atoms with Crippen LogP contribution in [0.15, 0.2) is 24.4 Å². The van der Waals surface area contributed by atoms with Gasteiger partial charge >= 0.3 is 5.97 Å². The Kier molecular flexibility index (Phi) is 3.98. The molecular formula is C13H11IN2O3. The van der Waals surface area contributed by atoms with Gasteiger partial charge in [-0.2, -0.15) is 0 Å². The number of carboxylic acids is 1. The number of nitrogens with zero attached hydrogens (tertiary/aromatic N) is 2. The van der Waals surface area contributed by atoms with Gasteiger partial charge in [0.15, 0.2) is 0 Å². The average molecular weight is 370 g/mol. The first-order chi connectivity index (χ1) is 8.97. The fourth-order valence-electron chi connectivity index (χ4n) is 1.47. The minimum atomic E-state index is -1.04. The van der Waals surface area contributed by atoms with Crippen LogP contribution in [-0.2, 0) is 0 Å². The molecule has 5 nitrogen and oxygen atoms in total. The zero-order valence-corrected chi connectivity index (χ0v) is 12.5. The van der Waals surface area contributed by atoms with E-state index in [4.69, 9.17) is 4.74 Å². The van der Waals surface area contributed by atoms with Crippen molar-refractivity contribution < 1.29 is 14.6 Å². The van der Waals surface area contributed by atoms with Gasteiger partial charge in [0.05, 0.1) is 11.4 Å². The van der Waals surface area contributed by atoms with Crippen molar-refractivity contribution in [3.05, 3.63) is 44.9 Å². The van der Waals surface area contributed by atoms with E-state index >= 15 is 0 Å². The summed E-state index contributed by atoms with van der Waals surface area (Å²) in [4.78, 5) is 19.5. The van der Waals surface area contributed by atoms with Gasteiger partial charge in [-0.3, -0.25) is 4.98 Å². The topological polar surface area (TPSA) is 72.3 Å². The van der Waals surface area contributed by atoms with E-state index in [1.807, 2.05) is 0 Å². The third kappa shape index (κ3) is 3.19. The average Bonchev–Trinajstić information content (AvgIpc) is 2.35. The largest absolute Gasteiger partial charge is 0.478 e. The Morgan fingerprint density at radius 2 is 2.11 bits per heavy atom. The van der Waals surface area contributed by atoms with E-state index in [0.29, 0.717) is 17.3 Å². The van der Waals surface area contributed by atoms with Crippen molar-refractivity contribution in [2.75, 3.05) is 0 Å². The van der Waals surface area contributed by atoms with Gasteiger partial charge in [0.2, 0.25) is 5.88 Å². The molecule has 0 aliphatic heterocycles. The quantitative estimate of drug-likeness (QED) is 0.841. The molecule has 98 valence electrons. The van der Waals surface area contributed by atoms with Crippen LogP contribution >= 0.6 is 22.6 Å². The molecule has 0 amide bonds. The third-order valence-corrected chi connectivity index (χ3v) is 3.08. The van der Waals surface area contributed by atoms with Gasteiger partial charge in [-0.1, -0.05) is 0 Å². The summed E-state index contributed by atoms with van der Waals surface area (Å²) in [5, 5.41) is 9.17. The number of carbonyl (C=O) groups is 1. The van der Waals surface area contributed by atoms with Crippen LogP contribution in [0, 0.1) is 17.4 Å². The standard InChI is InChI=1S/C13H11IN2O3/c1-7-6-15-8(2)12(16-7)19-11-4-3-9(14)5-10(11)13(17)18/h3-6H,1-2H3,(H,17,18). The molecule has 0 fully saturated rings. The third-order valence-electron chi connectivity index (χ3n) is 2.41. The predicted octanol–water partition coefficient (Wildman–Crippen LogP) is 3.19. The van der Waals surface area contributed by atoms with Gasteiger partial charge in [0.1, 0.15) is 11.3 Å². The molecule has 1 N–H and O–H groups in total. The summed E-state index contributed by atoms with van der Waals surface area (Å²) in [5.74, 6) is -0.452. The Morgan fingerprint density at radius 1 is 1.37 bits per heavy atom. The Hall–Kier alpha value is -1.70. The fraction of sp³-hybridized carbons (Fsp3) is 0.154. The molecule has 1 aromatic carbocycles. The molecule has 1 heterocycles. The van der Waals surface area contributed by atoms with Crippen LogP contribution in [0.4, 0.5) is 0 Å². The lowest BCUT2D eigenvalue weighted by Crippen LogP contribution is -2.03. The van der Waals surface area contributed by atoms with E-state index in [1.165, 1.54) is 0 Å². The molecular weight excluding hydrogens is 359 g/mol. The number of hydrogen-bond donors (Lipinski definition) is 1. The minimum absolute atomic E-state index is 0.106. The molecule has 0 spiro atoms. The van der Waals surface area contributed by atoms with Crippen molar-refractivity contribution in [3.8, 4) is 11.6 Å². The van der Waals surface area contributed by atoms with E-state index in [-0.39, 0.29) is 11.3 Å². The van der Waals surface area contributed by atoms with E-state index in [1.54, 1.807) is 38.2 Å². The lowest BCUT2D eigenvalue weighted by atomic mass is 10.2. The van der Waals surface area contributed by atoms with Crippen LogP contribution in [-0.4, -0.2) is 21.0 Å². The molecule has 0 unspecified atom stereocenters. The lowest BCUT2D eigenvalue weighted by molar-refractivity contribution is 0.0694. The molecule has 6 heteroatoms. The lowest BCUT2D eigenvalue weighted by Gasteiger charge is -2.10. The minimum Gasteiger partial charge on any atom is -0.478 e. The zero-order chi connectivity index (χ0) is 14.0. The van der Waals surface area contributed by atoms with Crippen molar-refractivity contribution in [1.82, 2.24) is 9.97 Å². The van der Waals surface area contributed by atoms with Crippen LogP contribution < -0.4 is 4.74 Å². The van der Waals surface area contributed by atoms with Crippen LogP contribution in [0.25, 0.3) is 0 Å². The monoisotopic (exact) mass is 370 g/mol. The van der Waals surface area contributed by atoms with Gasteiger partial charge in [0, 0.05) is 9.77 Å². The SMILES string of the molecule is Cc1cnc(C)c(Oc2ccc(I)cc2C(=O)O)n1. The van der Waals surface area contributed by atoms with Gasteiger partial charge in [-0.05, 0) is 54.6 Å². The zero-order valence-electron chi connectivity index (χ0n) is 10.3. The molecule has 0 atom stereocenters. The number of hydrogen-bond acceptors (Lipinski definition) is 4. The molecule has 2 aromatic rings. The summed E-state index contributed by atoms with van der Waals surface area (Å²) < 4.78 is 6.41. The second-order valence-corrected chi connectivity index (χ2v) is 5.20. The number of carboxylic acid groups (broad SMARTS) is 1. The Balaban J connectivity index is 2.43. The molecule has 1 aromatic heterocycles. The van der Waals surface area contributed by atoms with Crippen LogP contribution in [0.5, 0.6) is 11.6 Å². The summed E-state index contributed by atoms with van der Waals surface area (Å²) in [5.41, 5.74) is 1.43. The smallest absolute Gasteiger partial charge is 0.339 e. The highest BCUT2D eigenvalue weighted by molar-refractivity contribution is 14.1. The first-order valence-corrected chi connectivity index (χ1v) is 6.56. The van der Waals surface area contributed by atoms with Crippen molar-refractivity contribution in [2.24, 2.45) is 0 Å². The second kappa shape index (κ2) is 5.52. The number of aryl methyl sites for hydroxylation is 2. The van der Waals surface area contributed by atoms with Crippen molar-refractivity contribution in [3.63, 3.8) is 0 Å². The molecule has 19 heavy (non-hydrogen) atoms. The summed E-state index contributed by atoms with van der Waals surface area (Å²) in [6.45, 7) is 3.56. The van der Waals surface area contributed by atoms with E-state index in [9.17, 15) is 9.90 Å². The van der Waals surface area contributed by atoms with Gasteiger partial charge in [-0.25, -0.2) is 9.78 Å². The number of benzene rings is 1. The first-order valence-electron chi connectivity index (χ1n) is 5.48. The van der Waals surface area contributed by atoms with Gasteiger partial charge in [0.25, 0.3) is 0 Å². The van der Waals surface area contributed by atoms with E-state index in [0.717, 1.165) is 3.57 Å². The number of ether oxygens (including phenoxy) is 1. The maximum absolute atomic E-state index is 11.2. The van der Waals surface area contributed by atoms with E-state index < -0.39 is 5.97 Å². The summed E-state index contributed by atoms with van der Waals surface area (Å²) in [6, 6.07) is 4.95. The van der Waals surface area contributed by atoms with Crippen LogP contribution in [0.3, 0.4) is 0 Å². The molecule has 0 saturated carbocycles. The molecule has 0 radical (unpaired) electrons.